The first-order chi connectivity index (χ1) is 19.4. The van der Waals surface area contributed by atoms with Crippen LogP contribution in [0.5, 0.6) is 17.2 Å². The Labute approximate surface area is 235 Å². The van der Waals surface area contributed by atoms with Gasteiger partial charge in [-0.1, -0.05) is 17.8 Å². The van der Waals surface area contributed by atoms with E-state index in [0.717, 1.165) is 5.56 Å². The summed E-state index contributed by atoms with van der Waals surface area (Å²) in [5.74, 6) is 0.991. The molecule has 0 aliphatic carbocycles. The molecule has 1 fully saturated rings. The van der Waals surface area contributed by atoms with Crippen LogP contribution in [0.3, 0.4) is 0 Å². The van der Waals surface area contributed by atoms with Crippen LogP contribution in [-0.4, -0.2) is 53.6 Å². The Balaban J connectivity index is 1.31. The second-order valence-corrected chi connectivity index (χ2v) is 10.0. The lowest BCUT2D eigenvalue weighted by atomic mass is 10.1. The number of amides is 2. The van der Waals surface area contributed by atoms with Crippen molar-refractivity contribution in [1.29, 1.82) is 0 Å². The Morgan fingerprint density at radius 1 is 1.05 bits per heavy atom. The minimum Gasteiger partial charge on any atom is -0.497 e. The maximum Gasteiger partial charge on any atom is 0.338 e. The zero-order valence-electron chi connectivity index (χ0n) is 21.9. The van der Waals surface area contributed by atoms with E-state index < -0.39 is 11.2 Å². The van der Waals surface area contributed by atoms with Gasteiger partial charge in [-0.3, -0.25) is 14.5 Å². The van der Waals surface area contributed by atoms with Crippen molar-refractivity contribution < 1.29 is 33.3 Å². The summed E-state index contributed by atoms with van der Waals surface area (Å²) >= 11 is 1.24. The van der Waals surface area contributed by atoms with Gasteiger partial charge in [0.25, 0.3) is 0 Å². The molecule has 0 aromatic heterocycles. The van der Waals surface area contributed by atoms with E-state index in [4.69, 9.17) is 23.9 Å². The van der Waals surface area contributed by atoms with Gasteiger partial charge in [-0.25, -0.2) is 9.79 Å². The van der Waals surface area contributed by atoms with Gasteiger partial charge in [-0.05, 0) is 73.2 Å². The summed E-state index contributed by atoms with van der Waals surface area (Å²) < 4.78 is 21.1. The number of thioether (sulfide) groups is 1. The third-order valence-corrected chi connectivity index (χ3v) is 7.32. The highest BCUT2D eigenvalue weighted by molar-refractivity contribution is 8.15. The van der Waals surface area contributed by atoms with Crippen LogP contribution in [0, 0.1) is 0 Å². The average molecular weight is 562 g/mol. The van der Waals surface area contributed by atoms with Crippen molar-refractivity contribution in [2.45, 2.75) is 25.1 Å². The lowest BCUT2D eigenvalue weighted by Gasteiger charge is -2.17. The molecule has 0 bridgehead atoms. The van der Waals surface area contributed by atoms with Crippen molar-refractivity contribution >= 4 is 46.1 Å². The molecular formula is C29H27N3O7S. The Bertz CT molecular complexity index is 1440. The SMILES string of the molecule is CCOC(=O)c1ccc(NC(=O)CC2SC(=Nc3ccc(OC)cc3)N(Cc3ccc4c(c3)OCO4)C2=O)cc1. The minimum atomic E-state index is -0.662. The van der Waals surface area contributed by atoms with E-state index in [2.05, 4.69) is 5.32 Å². The van der Waals surface area contributed by atoms with Gasteiger partial charge in [0.1, 0.15) is 11.0 Å². The van der Waals surface area contributed by atoms with Crippen LogP contribution >= 0.6 is 11.8 Å². The van der Waals surface area contributed by atoms with E-state index in [-0.39, 0.29) is 38.2 Å². The monoisotopic (exact) mass is 561 g/mol. The number of hydrogen-bond donors (Lipinski definition) is 1. The van der Waals surface area contributed by atoms with Gasteiger partial charge in [0.2, 0.25) is 18.6 Å². The quantitative estimate of drug-likeness (QED) is 0.372. The smallest absolute Gasteiger partial charge is 0.338 e. The predicted octanol–water partition coefficient (Wildman–Crippen LogP) is 4.76. The summed E-state index contributed by atoms with van der Waals surface area (Å²) in [4.78, 5) is 44.6. The second kappa shape index (κ2) is 12.1. The highest BCUT2D eigenvalue weighted by atomic mass is 32.2. The number of aliphatic imine (C=N–C) groups is 1. The van der Waals surface area contributed by atoms with Crippen molar-refractivity contribution in [2.75, 3.05) is 25.8 Å². The molecule has 11 heteroatoms. The zero-order chi connectivity index (χ0) is 28.1. The van der Waals surface area contributed by atoms with Gasteiger partial charge in [0.15, 0.2) is 16.7 Å². The Morgan fingerprint density at radius 2 is 1.80 bits per heavy atom. The molecule has 1 unspecified atom stereocenters. The molecule has 10 nitrogen and oxygen atoms in total. The summed E-state index contributed by atoms with van der Waals surface area (Å²) in [6, 6.07) is 19.1. The highest BCUT2D eigenvalue weighted by Gasteiger charge is 2.39. The third-order valence-electron chi connectivity index (χ3n) is 6.15. The van der Waals surface area contributed by atoms with Crippen molar-refractivity contribution in [3.05, 3.63) is 77.9 Å². The van der Waals surface area contributed by atoms with E-state index >= 15 is 0 Å². The van der Waals surface area contributed by atoms with E-state index in [1.54, 1.807) is 67.5 Å². The summed E-state index contributed by atoms with van der Waals surface area (Å²) in [7, 11) is 1.59. The molecule has 3 aromatic rings. The lowest BCUT2D eigenvalue weighted by molar-refractivity contribution is -0.128. The average Bonchev–Trinajstić information content (AvgIpc) is 3.54. The number of carbonyl (C=O) groups is 3. The third kappa shape index (κ3) is 6.20. The summed E-state index contributed by atoms with van der Waals surface area (Å²) in [5.41, 5.74) is 2.39. The number of nitrogens with one attached hydrogen (secondary N) is 1. The number of amidine groups is 1. The Morgan fingerprint density at radius 3 is 2.52 bits per heavy atom. The maximum absolute atomic E-state index is 13.5. The first kappa shape index (κ1) is 27.1. The molecule has 1 saturated heterocycles. The van der Waals surface area contributed by atoms with Crippen LogP contribution in [-0.2, 0) is 20.9 Å². The molecule has 1 N–H and O–H groups in total. The fourth-order valence-corrected chi connectivity index (χ4v) is 5.30. The molecule has 40 heavy (non-hydrogen) atoms. The predicted molar refractivity (Wildman–Crippen MR) is 150 cm³/mol. The van der Waals surface area contributed by atoms with Gasteiger partial charge < -0.3 is 24.3 Å². The van der Waals surface area contributed by atoms with Crippen molar-refractivity contribution in [2.24, 2.45) is 4.99 Å². The number of esters is 1. The van der Waals surface area contributed by atoms with E-state index in [9.17, 15) is 14.4 Å². The maximum atomic E-state index is 13.5. The molecule has 1 atom stereocenters. The van der Waals surface area contributed by atoms with Crippen LogP contribution in [0.4, 0.5) is 11.4 Å². The topological polar surface area (TPSA) is 116 Å². The normalized spacial score (nSPS) is 16.8. The molecule has 2 heterocycles. The molecule has 2 aliphatic rings. The number of rotatable bonds is 9. The van der Waals surface area contributed by atoms with E-state index in [1.165, 1.54) is 11.8 Å². The van der Waals surface area contributed by atoms with E-state index in [1.807, 2.05) is 18.2 Å². The molecule has 2 amide bonds. The van der Waals surface area contributed by atoms with Gasteiger partial charge in [0.05, 0.1) is 31.5 Å². The number of methoxy groups -OCH3 is 1. The molecule has 3 aromatic carbocycles. The van der Waals surface area contributed by atoms with Crippen molar-refractivity contribution in [3.8, 4) is 17.2 Å². The zero-order valence-corrected chi connectivity index (χ0v) is 22.7. The molecule has 0 spiro atoms. The van der Waals surface area contributed by atoms with Gasteiger partial charge >= 0.3 is 5.97 Å². The van der Waals surface area contributed by atoms with E-state index in [0.29, 0.717) is 39.4 Å². The molecule has 0 saturated carbocycles. The fourth-order valence-electron chi connectivity index (χ4n) is 4.14. The van der Waals surface area contributed by atoms with Crippen LogP contribution in [0.25, 0.3) is 0 Å². The Kier molecular flexibility index (Phi) is 8.20. The molecule has 2 aliphatic heterocycles. The number of ether oxygens (including phenoxy) is 4. The summed E-state index contributed by atoms with van der Waals surface area (Å²) in [6.07, 6.45) is -0.0532. The summed E-state index contributed by atoms with van der Waals surface area (Å²) in [6.45, 7) is 2.42. The van der Waals surface area contributed by atoms with Gasteiger partial charge in [-0.2, -0.15) is 0 Å². The number of nitrogens with zero attached hydrogens (tertiary/aromatic N) is 2. The highest BCUT2D eigenvalue weighted by Crippen LogP contribution is 2.36. The van der Waals surface area contributed by atoms with Crippen molar-refractivity contribution in [3.63, 3.8) is 0 Å². The molecule has 5 rings (SSSR count). The number of carbonyl (C=O) groups excluding carboxylic acids is 3. The van der Waals surface area contributed by atoms with Gasteiger partial charge in [-0.15, -0.1) is 0 Å². The van der Waals surface area contributed by atoms with Crippen LogP contribution < -0.4 is 19.5 Å². The largest absolute Gasteiger partial charge is 0.497 e. The Hall–Kier alpha value is -4.51. The van der Waals surface area contributed by atoms with Crippen LogP contribution in [0.1, 0.15) is 29.3 Å². The standard InChI is InChI=1S/C29H27N3O7S/c1-3-37-28(35)19-5-7-20(8-6-19)30-26(33)15-25-27(34)32(16-18-4-13-23-24(14-18)39-17-38-23)29(40-25)31-21-9-11-22(36-2)12-10-21/h4-14,25H,3,15-17H2,1-2H3,(H,30,33). The van der Waals surface area contributed by atoms with Crippen LogP contribution in [0.2, 0.25) is 0 Å². The van der Waals surface area contributed by atoms with Crippen molar-refractivity contribution in [1.82, 2.24) is 4.90 Å². The first-order valence-electron chi connectivity index (χ1n) is 12.6. The van der Waals surface area contributed by atoms with Gasteiger partial charge in [0, 0.05) is 12.1 Å². The molecule has 0 radical (unpaired) electrons. The molecule has 206 valence electrons. The lowest BCUT2D eigenvalue weighted by Crippen LogP contribution is -2.33. The van der Waals surface area contributed by atoms with Crippen LogP contribution in [0.15, 0.2) is 71.7 Å². The first-order valence-corrected chi connectivity index (χ1v) is 13.5. The number of hydrogen-bond acceptors (Lipinski definition) is 9. The summed E-state index contributed by atoms with van der Waals surface area (Å²) in [5, 5.41) is 2.63. The number of fused-ring (bicyclic) bond motifs is 1. The minimum absolute atomic E-state index is 0.0532. The molecular weight excluding hydrogens is 534 g/mol. The second-order valence-electron chi connectivity index (χ2n) is 8.86. The number of anilines is 1. The fraction of sp³-hybridized carbons (Fsp3) is 0.241. The number of benzene rings is 3.